The van der Waals surface area contributed by atoms with E-state index < -0.39 is 11.9 Å². The molecule has 1 atom stereocenters. The van der Waals surface area contributed by atoms with Gasteiger partial charge in [0.05, 0.1) is 26.4 Å². The lowest BCUT2D eigenvalue weighted by molar-refractivity contribution is -0.141. The van der Waals surface area contributed by atoms with Crippen LogP contribution >= 0.6 is 0 Å². The van der Waals surface area contributed by atoms with Crippen molar-refractivity contribution in [3.05, 3.63) is 59.9 Å². The Morgan fingerprint density at radius 2 is 1.66 bits per heavy atom. The minimum atomic E-state index is -0.856. The maximum atomic E-state index is 13.4. The van der Waals surface area contributed by atoms with Crippen LogP contribution in [0.25, 0.3) is 0 Å². The second kappa shape index (κ2) is 11.2. The van der Waals surface area contributed by atoms with E-state index in [1.807, 2.05) is 6.92 Å². The number of carbonyl (C=O) groups is 3. The van der Waals surface area contributed by atoms with Gasteiger partial charge in [-0.15, -0.1) is 0 Å². The molecule has 2 aliphatic rings. The molecule has 1 unspecified atom stereocenters. The van der Waals surface area contributed by atoms with Crippen LogP contribution in [0.15, 0.2) is 48.5 Å². The van der Waals surface area contributed by atoms with Crippen LogP contribution in [0.1, 0.15) is 17.3 Å². The van der Waals surface area contributed by atoms with E-state index in [4.69, 9.17) is 9.47 Å². The fraction of sp³-hybridized carbons (Fsp3) is 0.400. The van der Waals surface area contributed by atoms with Crippen LogP contribution in [0.4, 0.5) is 14.9 Å². The molecular weight excluding hydrogens is 455 g/mol. The monoisotopic (exact) mass is 484 g/mol. The Morgan fingerprint density at radius 3 is 2.31 bits per heavy atom. The molecule has 4 amide bonds. The fourth-order valence-electron chi connectivity index (χ4n) is 4.18. The summed E-state index contributed by atoms with van der Waals surface area (Å²) in [5.74, 6) is -0.349. The zero-order chi connectivity index (χ0) is 24.8. The van der Waals surface area contributed by atoms with Gasteiger partial charge in [0.25, 0.3) is 5.91 Å². The molecule has 0 bridgehead atoms. The molecule has 35 heavy (non-hydrogen) atoms. The molecule has 9 nitrogen and oxygen atoms in total. The minimum absolute atomic E-state index is 0.0476. The number of urea groups is 1. The van der Waals surface area contributed by atoms with Crippen molar-refractivity contribution in [1.29, 1.82) is 0 Å². The summed E-state index contributed by atoms with van der Waals surface area (Å²) >= 11 is 0. The van der Waals surface area contributed by atoms with Crippen LogP contribution in [-0.4, -0.2) is 91.1 Å². The van der Waals surface area contributed by atoms with Crippen molar-refractivity contribution in [2.24, 2.45) is 0 Å². The van der Waals surface area contributed by atoms with Crippen LogP contribution < -0.4 is 10.1 Å². The van der Waals surface area contributed by atoms with Crippen molar-refractivity contribution in [1.82, 2.24) is 14.7 Å². The van der Waals surface area contributed by atoms with Crippen LogP contribution in [0.5, 0.6) is 5.75 Å². The average Bonchev–Trinajstić information content (AvgIpc) is 2.89. The Balaban J connectivity index is 1.49. The van der Waals surface area contributed by atoms with Crippen LogP contribution in [0, 0.1) is 5.82 Å². The molecule has 0 aromatic heterocycles. The highest BCUT2D eigenvalue weighted by Gasteiger charge is 2.39. The van der Waals surface area contributed by atoms with E-state index in [0.29, 0.717) is 49.9 Å². The third kappa shape index (κ3) is 5.89. The van der Waals surface area contributed by atoms with Gasteiger partial charge in [-0.05, 0) is 55.5 Å². The van der Waals surface area contributed by atoms with Gasteiger partial charge in [0.2, 0.25) is 5.91 Å². The molecular formula is C25H29FN4O5. The summed E-state index contributed by atoms with van der Waals surface area (Å²) in [6.45, 7) is 4.61. The summed E-state index contributed by atoms with van der Waals surface area (Å²) < 4.78 is 24.1. The van der Waals surface area contributed by atoms with E-state index in [1.165, 1.54) is 34.1 Å². The Labute approximate surface area is 203 Å². The van der Waals surface area contributed by atoms with Crippen molar-refractivity contribution in [2.45, 2.75) is 13.0 Å². The van der Waals surface area contributed by atoms with Gasteiger partial charge < -0.3 is 29.5 Å². The normalized spacial score (nSPS) is 18.2. The molecule has 2 fully saturated rings. The standard InChI is InChI=1S/C25H29FN4O5/c1-2-35-21-9-7-20(8-10-21)27-25(33)29-11-12-30(23(31)18-3-5-19(26)6-4-18)22(17-29)24(32)28-13-15-34-16-14-28/h3-10,22H,2,11-17H2,1H3,(H,27,33). The lowest BCUT2D eigenvalue weighted by atomic mass is 10.1. The number of rotatable bonds is 5. The number of nitrogens with one attached hydrogen (secondary N) is 1. The third-order valence-electron chi connectivity index (χ3n) is 6.04. The van der Waals surface area contributed by atoms with Crippen molar-refractivity contribution in [3.8, 4) is 5.75 Å². The molecule has 2 aromatic carbocycles. The quantitative estimate of drug-likeness (QED) is 0.704. The molecule has 10 heteroatoms. The molecule has 4 rings (SSSR count). The number of halogens is 1. The first-order valence-electron chi connectivity index (χ1n) is 11.7. The van der Waals surface area contributed by atoms with Gasteiger partial charge in [0.1, 0.15) is 17.6 Å². The van der Waals surface area contributed by atoms with Gasteiger partial charge in [-0.1, -0.05) is 0 Å². The highest BCUT2D eigenvalue weighted by atomic mass is 19.1. The van der Waals surface area contributed by atoms with Crippen molar-refractivity contribution < 1.29 is 28.2 Å². The number of benzene rings is 2. The zero-order valence-electron chi connectivity index (χ0n) is 19.6. The number of carbonyl (C=O) groups excluding carboxylic acids is 3. The van der Waals surface area contributed by atoms with E-state index >= 15 is 0 Å². The van der Waals surface area contributed by atoms with E-state index in [9.17, 15) is 18.8 Å². The molecule has 2 aromatic rings. The number of hydrogen-bond donors (Lipinski definition) is 1. The van der Waals surface area contributed by atoms with E-state index in [2.05, 4.69) is 5.32 Å². The van der Waals surface area contributed by atoms with E-state index in [-0.39, 0.29) is 37.5 Å². The van der Waals surface area contributed by atoms with Crippen LogP contribution in [0.2, 0.25) is 0 Å². The summed E-state index contributed by atoms with van der Waals surface area (Å²) in [4.78, 5) is 44.3. The van der Waals surface area contributed by atoms with E-state index in [1.54, 1.807) is 29.2 Å². The lowest BCUT2D eigenvalue weighted by Gasteiger charge is -2.42. The van der Waals surface area contributed by atoms with Gasteiger partial charge in [-0.2, -0.15) is 0 Å². The smallest absolute Gasteiger partial charge is 0.321 e. The number of piperazine rings is 1. The predicted octanol–water partition coefficient (Wildman–Crippen LogP) is 2.44. The predicted molar refractivity (Wildman–Crippen MR) is 127 cm³/mol. The Bertz CT molecular complexity index is 1040. The second-order valence-electron chi connectivity index (χ2n) is 8.29. The summed E-state index contributed by atoms with van der Waals surface area (Å²) in [5.41, 5.74) is 0.887. The van der Waals surface area contributed by atoms with Gasteiger partial charge >= 0.3 is 6.03 Å². The Hall–Kier alpha value is -3.66. The number of nitrogens with zero attached hydrogens (tertiary/aromatic N) is 3. The highest BCUT2D eigenvalue weighted by molar-refractivity contribution is 5.98. The molecule has 1 N–H and O–H groups in total. The van der Waals surface area contributed by atoms with Crippen molar-refractivity contribution >= 4 is 23.5 Å². The lowest BCUT2D eigenvalue weighted by Crippen LogP contribution is -2.63. The Morgan fingerprint density at radius 1 is 0.971 bits per heavy atom. The molecule has 0 radical (unpaired) electrons. The first kappa shape index (κ1) is 24.5. The largest absolute Gasteiger partial charge is 0.494 e. The maximum Gasteiger partial charge on any atom is 0.321 e. The first-order valence-corrected chi connectivity index (χ1v) is 11.7. The fourth-order valence-corrected chi connectivity index (χ4v) is 4.18. The van der Waals surface area contributed by atoms with Gasteiger partial charge in [0, 0.05) is 37.4 Å². The molecule has 0 spiro atoms. The third-order valence-corrected chi connectivity index (χ3v) is 6.04. The molecule has 0 aliphatic carbocycles. The van der Waals surface area contributed by atoms with Crippen LogP contribution in [-0.2, 0) is 9.53 Å². The minimum Gasteiger partial charge on any atom is -0.494 e. The number of hydrogen-bond acceptors (Lipinski definition) is 5. The number of amides is 4. The molecule has 0 saturated carbocycles. The number of anilines is 1. The number of ether oxygens (including phenoxy) is 2. The zero-order valence-corrected chi connectivity index (χ0v) is 19.6. The van der Waals surface area contributed by atoms with Crippen molar-refractivity contribution in [2.75, 3.05) is 57.9 Å². The molecule has 2 heterocycles. The van der Waals surface area contributed by atoms with Crippen LogP contribution in [0.3, 0.4) is 0 Å². The summed E-state index contributed by atoms with van der Waals surface area (Å²) in [7, 11) is 0. The number of morpholine rings is 1. The van der Waals surface area contributed by atoms with Crippen molar-refractivity contribution in [3.63, 3.8) is 0 Å². The average molecular weight is 485 g/mol. The molecule has 2 aliphatic heterocycles. The summed E-state index contributed by atoms with van der Waals surface area (Å²) in [6.07, 6.45) is 0. The Kier molecular flexibility index (Phi) is 7.81. The molecule has 2 saturated heterocycles. The topological polar surface area (TPSA) is 91.4 Å². The first-order chi connectivity index (χ1) is 17.0. The molecule has 186 valence electrons. The highest BCUT2D eigenvalue weighted by Crippen LogP contribution is 2.20. The van der Waals surface area contributed by atoms with Gasteiger partial charge in [-0.25, -0.2) is 9.18 Å². The SMILES string of the molecule is CCOc1ccc(NC(=O)N2CCN(C(=O)c3ccc(F)cc3)C(C(=O)N3CCOCC3)C2)cc1. The second-order valence-corrected chi connectivity index (χ2v) is 8.29. The summed E-state index contributed by atoms with van der Waals surface area (Å²) in [5, 5.41) is 2.84. The van der Waals surface area contributed by atoms with Gasteiger partial charge in [-0.3, -0.25) is 9.59 Å². The summed E-state index contributed by atoms with van der Waals surface area (Å²) in [6, 6.07) is 11.0. The van der Waals surface area contributed by atoms with E-state index in [0.717, 1.165) is 0 Å². The van der Waals surface area contributed by atoms with Gasteiger partial charge in [0.15, 0.2) is 0 Å². The maximum absolute atomic E-state index is 13.4.